The Labute approximate surface area is 134 Å². The molecule has 6 heteroatoms. The van der Waals surface area contributed by atoms with Crippen LogP contribution in [0.15, 0.2) is 24.3 Å². The van der Waals surface area contributed by atoms with Gasteiger partial charge in [0.2, 0.25) is 5.91 Å². The second kappa shape index (κ2) is 7.11. The van der Waals surface area contributed by atoms with Crippen molar-refractivity contribution in [2.75, 3.05) is 13.7 Å². The molecular weight excluding hydrogens is 306 g/mol. The summed E-state index contributed by atoms with van der Waals surface area (Å²) in [6.45, 7) is 1.99. The number of aliphatic hydroxyl groups is 1. The van der Waals surface area contributed by atoms with E-state index in [0.29, 0.717) is 11.4 Å². The molecule has 22 heavy (non-hydrogen) atoms. The smallest absolute Gasteiger partial charge is 0.328 e. The van der Waals surface area contributed by atoms with Crippen LogP contribution in [0.3, 0.4) is 0 Å². The van der Waals surface area contributed by atoms with Crippen molar-refractivity contribution in [3.05, 3.63) is 34.9 Å². The summed E-state index contributed by atoms with van der Waals surface area (Å²) < 4.78 is 4.72. The molecule has 1 fully saturated rings. The molecule has 0 saturated carbocycles. The lowest BCUT2D eigenvalue weighted by Gasteiger charge is -2.25. The van der Waals surface area contributed by atoms with Gasteiger partial charge in [-0.1, -0.05) is 30.7 Å². The molecule has 1 amide bonds. The molecule has 3 atom stereocenters. The zero-order valence-electron chi connectivity index (χ0n) is 12.7. The third-order valence-electron chi connectivity index (χ3n) is 3.91. The van der Waals surface area contributed by atoms with E-state index in [1.807, 2.05) is 19.1 Å². The first-order valence-corrected chi connectivity index (χ1v) is 7.61. The molecule has 5 nitrogen and oxygen atoms in total. The summed E-state index contributed by atoms with van der Waals surface area (Å²) in [4.78, 5) is 25.8. The highest BCUT2D eigenvalue weighted by atomic mass is 35.5. The molecule has 1 aromatic carbocycles. The summed E-state index contributed by atoms with van der Waals surface area (Å²) in [7, 11) is 1.28. The minimum atomic E-state index is -0.694. The monoisotopic (exact) mass is 325 g/mol. The zero-order chi connectivity index (χ0) is 16.3. The number of rotatable bonds is 4. The van der Waals surface area contributed by atoms with Gasteiger partial charge in [-0.3, -0.25) is 4.79 Å². The molecule has 2 rings (SSSR count). The van der Waals surface area contributed by atoms with Crippen LogP contribution in [0.1, 0.15) is 18.9 Å². The maximum atomic E-state index is 12.6. The minimum absolute atomic E-state index is 0.151. The lowest BCUT2D eigenvalue weighted by atomic mass is 9.99. The molecule has 1 N–H and O–H groups in total. The predicted molar refractivity (Wildman–Crippen MR) is 82.5 cm³/mol. The van der Waals surface area contributed by atoms with Crippen LogP contribution in [0.5, 0.6) is 0 Å². The van der Waals surface area contributed by atoms with Crippen LogP contribution in [-0.4, -0.2) is 47.7 Å². The molecule has 0 unspecified atom stereocenters. The molecule has 0 aromatic heterocycles. The summed E-state index contributed by atoms with van der Waals surface area (Å²) in [6, 6.07) is 6.63. The van der Waals surface area contributed by atoms with Gasteiger partial charge in [-0.25, -0.2) is 4.79 Å². The van der Waals surface area contributed by atoms with Crippen LogP contribution in [0.25, 0.3) is 0 Å². The number of halogens is 1. The number of ether oxygens (including phenoxy) is 1. The van der Waals surface area contributed by atoms with Crippen molar-refractivity contribution in [3.63, 3.8) is 0 Å². The number of benzene rings is 1. The number of β-amino-alcohol motifs (C(OH)–C–C–N with tert-alkyl or cyclic N) is 1. The van der Waals surface area contributed by atoms with Crippen LogP contribution in [0.2, 0.25) is 5.02 Å². The van der Waals surface area contributed by atoms with Gasteiger partial charge in [-0.2, -0.15) is 0 Å². The zero-order valence-corrected chi connectivity index (χ0v) is 13.4. The fourth-order valence-electron chi connectivity index (χ4n) is 2.76. The largest absolute Gasteiger partial charge is 0.467 e. The van der Waals surface area contributed by atoms with Crippen molar-refractivity contribution in [2.24, 2.45) is 5.92 Å². The van der Waals surface area contributed by atoms with Gasteiger partial charge in [0.15, 0.2) is 0 Å². The standard InChI is InChI=1S/C16H20ClNO4/c1-10(7-11-3-5-12(17)6-4-11)15(20)18-9-13(19)8-14(18)16(21)22-2/h3-6,10,13-14,19H,7-9H2,1-2H3/t10-,13-,14+/m1/s1. The van der Waals surface area contributed by atoms with E-state index in [9.17, 15) is 14.7 Å². The third kappa shape index (κ3) is 3.78. The Morgan fingerprint density at radius 2 is 2.05 bits per heavy atom. The minimum Gasteiger partial charge on any atom is -0.467 e. The van der Waals surface area contributed by atoms with Crippen molar-refractivity contribution >= 4 is 23.5 Å². The van der Waals surface area contributed by atoms with E-state index >= 15 is 0 Å². The van der Waals surface area contributed by atoms with Crippen LogP contribution < -0.4 is 0 Å². The van der Waals surface area contributed by atoms with E-state index in [-0.39, 0.29) is 24.8 Å². The molecule has 0 aliphatic carbocycles. The van der Waals surface area contributed by atoms with Gasteiger partial charge >= 0.3 is 5.97 Å². The van der Waals surface area contributed by atoms with Crippen molar-refractivity contribution in [1.29, 1.82) is 0 Å². The van der Waals surface area contributed by atoms with Crippen molar-refractivity contribution in [2.45, 2.75) is 31.9 Å². The predicted octanol–water partition coefficient (Wildman–Crippen LogP) is 1.65. The lowest BCUT2D eigenvalue weighted by Crippen LogP contribution is -2.44. The highest BCUT2D eigenvalue weighted by Gasteiger charge is 2.40. The van der Waals surface area contributed by atoms with E-state index in [0.717, 1.165) is 5.56 Å². The Morgan fingerprint density at radius 3 is 2.64 bits per heavy atom. The van der Waals surface area contributed by atoms with Gasteiger partial charge in [0.25, 0.3) is 0 Å². The highest BCUT2D eigenvalue weighted by molar-refractivity contribution is 6.30. The first-order valence-electron chi connectivity index (χ1n) is 7.23. The van der Waals surface area contributed by atoms with Crippen molar-refractivity contribution in [1.82, 2.24) is 4.90 Å². The van der Waals surface area contributed by atoms with Gasteiger partial charge in [0, 0.05) is 23.9 Å². The van der Waals surface area contributed by atoms with Crippen molar-refractivity contribution < 1.29 is 19.4 Å². The Bertz CT molecular complexity index is 546. The maximum absolute atomic E-state index is 12.6. The average molecular weight is 326 g/mol. The number of carbonyl (C=O) groups excluding carboxylic acids is 2. The topological polar surface area (TPSA) is 66.8 Å². The number of nitrogens with zero attached hydrogens (tertiary/aromatic N) is 1. The number of aliphatic hydroxyl groups excluding tert-OH is 1. The van der Waals surface area contributed by atoms with Gasteiger partial charge in [0.1, 0.15) is 6.04 Å². The molecule has 1 aliphatic heterocycles. The Hall–Kier alpha value is -1.59. The van der Waals surface area contributed by atoms with Crippen LogP contribution in [0, 0.1) is 5.92 Å². The molecule has 0 spiro atoms. The van der Waals surface area contributed by atoms with E-state index in [1.54, 1.807) is 12.1 Å². The maximum Gasteiger partial charge on any atom is 0.328 e. The summed E-state index contributed by atoms with van der Waals surface area (Å²) >= 11 is 5.85. The van der Waals surface area contributed by atoms with E-state index in [2.05, 4.69) is 0 Å². The quantitative estimate of drug-likeness (QED) is 0.855. The van der Waals surface area contributed by atoms with Crippen LogP contribution >= 0.6 is 11.6 Å². The summed E-state index contributed by atoms with van der Waals surface area (Å²) in [5.41, 5.74) is 1.000. The molecule has 1 aliphatic rings. The number of carbonyl (C=O) groups is 2. The number of esters is 1. The number of hydrogen-bond donors (Lipinski definition) is 1. The van der Waals surface area contributed by atoms with Gasteiger partial charge < -0.3 is 14.7 Å². The number of amides is 1. The molecule has 1 saturated heterocycles. The SMILES string of the molecule is COC(=O)[C@@H]1C[C@@H](O)CN1C(=O)[C@H](C)Cc1ccc(Cl)cc1. The number of methoxy groups -OCH3 is 1. The lowest BCUT2D eigenvalue weighted by molar-refractivity contribution is -0.152. The third-order valence-corrected chi connectivity index (χ3v) is 4.16. The van der Waals surface area contributed by atoms with Crippen LogP contribution in [0.4, 0.5) is 0 Å². The normalized spacial score (nSPS) is 22.5. The van der Waals surface area contributed by atoms with E-state index < -0.39 is 18.1 Å². The second-order valence-electron chi connectivity index (χ2n) is 5.65. The molecule has 0 bridgehead atoms. The first-order chi connectivity index (χ1) is 10.4. The van der Waals surface area contributed by atoms with Gasteiger partial charge in [-0.05, 0) is 24.1 Å². The fraction of sp³-hybridized carbons (Fsp3) is 0.500. The Balaban J connectivity index is 2.05. The van der Waals surface area contributed by atoms with Crippen molar-refractivity contribution in [3.8, 4) is 0 Å². The number of hydrogen-bond acceptors (Lipinski definition) is 4. The summed E-state index contributed by atoms with van der Waals surface area (Å²) in [5.74, 6) is -0.927. The van der Waals surface area contributed by atoms with Gasteiger partial charge in [-0.15, -0.1) is 0 Å². The van der Waals surface area contributed by atoms with Crippen LogP contribution in [-0.2, 0) is 20.7 Å². The van der Waals surface area contributed by atoms with E-state index in [1.165, 1.54) is 12.0 Å². The van der Waals surface area contributed by atoms with Gasteiger partial charge in [0.05, 0.1) is 13.2 Å². The molecule has 120 valence electrons. The molecule has 0 radical (unpaired) electrons. The first kappa shape index (κ1) is 16.8. The second-order valence-corrected chi connectivity index (χ2v) is 6.09. The fourth-order valence-corrected chi connectivity index (χ4v) is 2.89. The highest BCUT2D eigenvalue weighted by Crippen LogP contribution is 2.23. The van der Waals surface area contributed by atoms with E-state index in [4.69, 9.17) is 16.3 Å². The molecule has 1 heterocycles. The number of likely N-dealkylation sites (tertiary alicyclic amines) is 1. The summed E-state index contributed by atoms with van der Waals surface area (Å²) in [5, 5.41) is 10.4. The molecule has 1 aromatic rings. The average Bonchev–Trinajstić information content (AvgIpc) is 2.89. The summed E-state index contributed by atoms with van der Waals surface area (Å²) in [6.07, 6.45) is 0.0959. The Kier molecular flexibility index (Phi) is 5.42. The molecular formula is C16H20ClNO4. The Morgan fingerprint density at radius 1 is 1.41 bits per heavy atom.